The molecule has 21 heavy (non-hydrogen) atoms. The Balaban J connectivity index is 1.86. The maximum atomic E-state index is 3.68. The van der Waals surface area contributed by atoms with Gasteiger partial charge in [0.1, 0.15) is 0 Å². The predicted molar refractivity (Wildman–Crippen MR) is 91.7 cm³/mol. The quantitative estimate of drug-likeness (QED) is 0.849. The van der Waals surface area contributed by atoms with E-state index in [0.717, 1.165) is 18.6 Å². The minimum absolute atomic E-state index is 0.753. The molecule has 0 unspecified atom stereocenters. The molecule has 0 aliphatic heterocycles. The number of aryl methyl sites for hydroxylation is 2. The third-order valence-electron chi connectivity index (χ3n) is 5.06. The fraction of sp³-hybridized carbons (Fsp3) is 0.684. The summed E-state index contributed by atoms with van der Waals surface area (Å²) in [5.74, 6) is 0. The number of nitrogens with one attached hydrogen (secondary N) is 1. The molecule has 0 bridgehead atoms. The van der Waals surface area contributed by atoms with Gasteiger partial charge in [0, 0.05) is 18.6 Å². The van der Waals surface area contributed by atoms with E-state index in [-0.39, 0.29) is 0 Å². The van der Waals surface area contributed by atoms with E-state index < -0.39 is 0 Å². The van der Waals surface area contributed by atoms with Crippen LogP contribution < -0.4 is 5.32 Å². The van der Waals surface area contributed by atoms with E-state index >= 15 is 0 Å². The fourth-order valence-electron chi connectivity index (χ4n) is 3.55. The fourth-order valence-corrected chi connectivity index (χ4v) is 3.55. The lowest BCUT2D eigenvalue weighted by Crippen LogP contribution is -2.40. The molecule has 1 saturated carbocycles. The highest BCUT2D eigenvalue weighted by atomic mass is 15.1. The molecule has 2 heteroatoms. The summed E-state index contributed by atoms with van der Waals surface area (Å²) in [7, 11) is 2.30. The second-order valence-corrected chi connectivity index (χ2v) is 6.75. The van der Waals surface area contributed by atoms with E-state index in [1.54, 1.807) is 0 Å². The van der Waals surface area contributed by atoms with E-state index in [4.69, 9.17) is 0 Å². The lowest BCUT2D eigenvalue weighted by molar-refractivity contribution is 0.167. The second kappa shape index (κ2) is 7.95. The third kappa shape index (κ3) is 4.55. The van der Waals surface area contributed by atoms with Gasteiger partial charge in [-0.1, -0.05) is 25.1 Å². The van der Waals surface area contributed by atoms with Gasteiger partial charge >= 0.3 is 0 Å². The van der Waals surface area contributed by atoms with Crippen LogP contribution in [0.1, 0.15) is 55.7 Å². The summed E-state index contributed by atoms with van der Waals surface area (Å²) >= 11 is 0. The van der Waals surface area contributed by atoms with Gasteiger partial charge in [-0.2, -0.15) is 0 Å². The van der Waals surface area contributed by atoms with Crippen LogP contribution in [0.4, 0.5) is 0 Å². The zero-order chi connectivity index (χ0) is 15.2. The molecule has 0 amide bonds. The average Bonchev–Trinajstić information content (AvgIpc) is 2.49. The van der Waals surface area contributed by atoms with Crippen LogP contribution in [0.15, 0.2) is 18.2 Å². The molecule has 2 nitrogen and oxygen atoms in total. The van der Waals surface area contributed by atoms with Crippen molar-refractivity contribution in [2.45, 2.75) is 71.5 Å². The van der Waals surface area contributed by atoms with Crippen molar-refractivity contribution in [3.8, 4) is 0 Å². The van der Waals surface area contributed by atoms with E-state index in [2.05, 4.69) is 56.2 Å². The average molecular weight is 288 g/mol. The molecule has 1 aliphatic rings. The Morgan fingerprint density at radius 3 is 2.29 bits per heavy atom. The monoisotopic (exact) mass is 288 g/mol. The Morgan fingerprint density at radius 1 is 1.10 bits per heavy atom. The summed E-state index contributed by atoms with van der Waals surface area (Å²) in [5, 5.41) is 3.68. The number of nitrogens with zero attached hydrogens (tertiary/aromatic N) is 1. The first-order chi connectivity index (χ1) is 10.1. The van der Waals surface area contributed by atoms with Gasteiger partial charge in [0.05, 0.1) is 0 Å². The summed E-state index contributed by atoms with van der Waals surface area (Å²) in [4.78, 5) is 2.57. The lowest BCUT2D eigenvalue weighted by Gasteiger charge is -2.35. The topological polar surface area (TPSA) is 15.3 Å². The van der Waals surface area contributed by atoms with Gasteiger partial charge in [-0.05, 0) is 76.2 Å². The molecule has 0 radical (unpaired) electrons. The molecule has 0 aromatic heterocycles. The highest BCUT2D eigenvalue weighted by molar-refractivity contribution is 5.33. The minimum Gasteiger partial charge on any atom is -0.314 e. The lowest BCUT2D eigenvalue weighted by atomic mass is 9.89. The molecule has 0 heterocycles. The molecule has 1 fully saturated rings. The Bertz CT molecular complexity index is 413. The van der Waals surface area contributed by atoms with Gasteiger partial charge in [0.25, 0.3) is 0 Å². The summed E-state index contributed by atoms with van der Waals surface area (Å²) in [6.07, 6.45) is 6.58. The molecule has 1 aromatic carbocycles. The largest absolute Gasteiger partial charge is 0.314 e. The van der Waals surface area contributed by atoms with E-state index in [9.17, 15) is 0 Å². The molecular weight excluding hydrogens is 256 g/mol. The first-order valence-electron chi connectivity index (χ1n) is 8.60. The number of hydrogen-bond donors (Lipinski definition) is 1. The van der Waals surface area contributed by atoms with Crippen LogP contribution in [-0.4, -0.2) is 30.6 Å². The van der Waals surface area contributed by atoms with Gasteiger partial charge in [0.2, 0.25) is 0 Å². The molecule has 1 aliphatic carbocycles. The van der Waals surface area contributed by atoms with Gasteiger partial charge in [-0.25, -0.2) is 0 Å². The van der Waals surface area contributed by atoms with Crippen molar-refractivity contribution in [3.05, 3.63) is 34.9 Å². The van der Waals surface area contributed by atoms with Gasteiger partial charge in [0.15, 0.2) is 0 Å². The van der Waals surface area contributed by atoms with Crippen LogP contribution in [0.2, 0.25) is 0 Å². The molecule has 1 N–H and O–H groups in total. The van der Waals surface area contributed by atoms with Crippen LogP contribution in [0.3, 0.4) is 0 Å². The Hall–Kier alpha value is -0.860. The van der Waals surface area contributed by atoms with E-state index in [1.807, 2.05) is 0 Å². The Morgan fingerprint density at radius 2 is 1.71 bits per heavy atom. The van der Waals surface area contributed by atoms with E-state index in [0.29, 0.717) is 0 Å². The minimum atomic E-state index is 0.753. The molecule has 0 saturated heterocycles. The van der Waals surface area contributed by atoms with Crippen LogP contribution >= 0.6 is 0 Å². The molecule has 2 rings (SSSR count). The molecule has 0 atom stereocenters. The third-order valence-corrected chi connectivity index (χ3v) is 5.06. The van der Waals surface area contributed by atoms with Crippen LogP contribution in [0.25, 0.3) is 0 Å². The van der Waals surface area contributed by atoms with Crippen molar-refractivity contribution in [1.29, 1.82) is 0 Å². The Kier molecular flexibility index (Phi) is 6.25. The molecule has 118 valence electrons. The van der Waals surface area contributed by atoms with Crippen molar-refractivity contribution < 1.29 is 0 Å². The number of hydrogen-bond acceptors (Lipinski definition) is 2. The zero-order valence-electron chi connectivity index (χ0n) is 14.3. The molecular formula is C19H32N2. The predicted octanol–water partition coefficient (Wildman–Crippen LogP) is 4.05. The van der Waals surface area contributed by atoms with Gasteiger partial charge in [-0.3, -0.25) is 4.90 Å². The smallest absolute Gasteiger partial charge is 0.0238 e. The first-order valence-corrected chi connectivity index (χ1v) is 8.60. The van der Waals surface area contributed by atoms with Crippen molar-refractivity contribution in [2.75, 3.05) is 13.6 Å². The Labute approximate surface area is 130 Å². The molecule has 0 spiro atoms. The van der Waals surface area contributed by atoms with Crippen molar-refractivity contribution in [1.82, 2.24) is 10.2 Å². The zero-order valence-corrected chi connectivity index (χ0v) is 14.3. The van der Waals surface area contributed by atoms with Crippen molar-refractivity contribution >= 4 is 0 Å². The number of rotatable bonds is 6. The summed E-state index contributed by atoms with van der Waals surface area (Å²) < 4.78 is 0. The normalized spacial score (nSPS) is 22.7. The highest BCUT2D eigenvalue weighted by Crippen LogP contribution is 2.25. The molecule has 1 aromatic rings. The van der Waals surface area contributed by atoms with Crippen LogP contribution in [0.5, 0.6) is 0 Å². The van der Waals surface area contributed by atoms with Crippen LogP contribution in [0, 0.1) is 13.8 Å². The summed E-state index contributed by atoms with van der Waals surface area (Å²) in [6, 6.07) is 8.15. The van der Waals surface area contributed by atoms with Gasteiger partial charge < -0.3 is 5.32 Å². The SMILES string of the molecule is CCCNC1CCC(N(C)Cc2c(C)cccc2C)CC1. The maximum absolute atomic E-state index is 3.68. The second-order valence-electron chi connectivity index (χ2n) is 6.75. The van der Waals surface area contributed by atoms with E-state index in [1.165, 1.54) is 55.3 Å². The van der Waals surface area contributed by atoms with Crippen LogP contribution in [-0.2, 0) is 6.54 Å². The maximum Gasteiger partial charge on any atom is 0.0238 e. The summed E-state index contributed by atoms with van der Waals surface area (Å²) in [6.45, 7) is 8.99. The standard InChI is InChI=1S/C19H32N2/c1-5-13-20-17-9-11-18(12-10-17)21(4)14-19-15(2)7-6-8-16(19)3/h6-8,17-18,20H,5,9-14H2,1-4H3. The first kappa shape index (κ1) is 16.5. The highest BCUT2D eigenvalue weighted by Gasteiger charge is 2.23. The van der Waals surface area contributed by atoms with Gasteiger partial charge in [-0.15, -0.1) is 0 Å². The van der Waals surface area contributed by atoms with Crippen molar-refractivity contribution in [3.63, 3.8) is 0 Å². The summed E-state index contributed by atoms with van der Waals surface area (Å²) in [5.41, 5.74) is 4.38. The number of benzene rings is 1. The van der Waals surface area contributed by atoms with Crippen molar-refractivity contribution in [2.24, 2.45) is 0 Å².